The molecule has 0 amide bonds. The van der Waals surface area contributed by atoms with Crippen molar-refractivity contribution in [2.45, 2.75) is 58.5 Å². The van der Waals surface area contributed by atoms with Crippen LogP contribution in [0, 0.1) is 41.0 Å². The molecule has 13 heteroatoms. The Morgan fingerprint density at radius 3 is 1.77 bits per heavy atom. The van der Waals surface area contributed by atoms with Gasteiger partial charge in [-0.05, 0) is 76.8 Å². The van der Waals surface area contributed by atoms with Crippen LogP contribution in [-0.4, -0.2) is 39.6 Å². The fourth-order valence-electron chi connectivity index (χ4n) is 5.14. The molecule has 3 N–H and O–H groups in total. The Kier molecular flexibility index (Phi) is 7.00. The number of hydrogen-bond donors (Lipinski definition) is 2. The van der Waals surface area contributed by atoms with E-state index in [0.29, 0.717) is 12.1 Å². The van der Waals surface area contributed by atoms with Gasteiger partial charge >= 0.3 is 0 Å². The topological polar surface area (TPSA) is 177 Å². The molecule has 6 aromatic rings. The van der Waals surface area contributed by atoms with Gasteiger partial charge in [0.1, 0.15) is 0 Å². The maximum absolute atomic E-state index is 10.7. The number of anilines is 1. The van der Waals surface area contributed by atoms with Gasteiger partial charge in [-0.3, -0.25) is 34.7 Å². The van der Waals surface area contributed by atoms with Crippen molar-refractivity contribution in [3.63, 3.8) is 0 Å². The number of nitro groups is 2. The predicted octanol–water partition coefficient (Wildman–Crippen LogP) is 6.63. The minimum atomic E-state index is -0.411. The second-order valence-corrected chi connectivity index (χ2v) is 11.1. The van der Waals surface area contributed by atoms with Crippen molar-refractivity contribution in [3.8, 4) is 0 Å². The second kappa shape index (κ2) is 10.8. The highest BCUT2D eigenvalue weighted by atomic mass is 16.6. The summed E-state index contributed by atoms with van der Waals surface area (Å²) in [5, 5.41) is 39.8. The van der Waals surface area contributed by atoms with E-state index < -0.39 is 4.92 Å². The maximum Gasteiger partial charge on any atom is 0.270 e. The number of aromatic nitrogens is 6. The van der Waals surface area contributed by atoms with E-state index in [2.05, 4.69) is 31.1 Å². The van der Waals surface area contributed by atoms with E-state index in [1.807, 2.05) is 37.6 Å². The van der Waals surface area contributed by atoms with E-state index in [0.717, 1.165) is 57.4 Å². The number of rotatable bonds is 4. The standard InChI is InChI=1S/C11H11N3O2.C11H13N3.C8H7N3O2/c1-7-10-6-9(14(15)16)4-5-11(10)13(12-7)8-2-3-8;1-7-10-6-8(12)2-5-11(10)14(13-7)9-3-4-9;1-5-7-4-6(11(12)13)2-3-8(7)10-9-5/h4-6,8H,2-3H2,1H3;2,5-6,9H,3-4,12H2,1H3;2-4H,1H3,(H,9,10). The minimum absolute atomic E-state index is 0.0944. The first-order valence-electron chi connectivity index (χ1n) is 14.1. The molecule has 0 unspecified atom stereocenters. The summed E-state index contributed by atoms with van der Waals surface area (Å²) in [6, 6.07) is 16.7. The molecule has 13 nitrogen and oxygen atoms in total. The quantitative estimate of drug-likeness (QED) is 0.132. The predicted molar refractivity (Wildman–Crippen MR) is 164 cm³/mol. The molecule has 2 saturated carbocycles. The summed E-state index contributed by atoms with van der Waals surface area (Å²) >= 11 is 0. The molecule has 0 radical (unpaired) electrons. The Morgan fingerprint density at radius 2 is 1.23 bits per heavy atom. The second-order valence-electron chi connectivity index (χ2n) is 11.1. The van der Waals surface area contributed by atoms with Gasteiger partial charge in [-0.2, -0.15) is 15.3 Å². The lowest BCUT2D eigenvalue weighted by Crippen LogP contribution is -1.95. The monoisotopic (exact) mass is 581 g/mol. The molecule has 43 heavy (non-hydrogen) atoms. The Hall–Kier alpha value is -5.33. The summed E-state index contributed by atoms with van der Waals surface area (Å²) in [7, 11) is 0. The third-order valence-electron chi connectivity index (χ3n) is 7.72. The van der Waals surface area contributed by atoms with Crippen LogP contribution in [0.4, 0.5) is 17.1 Å². The molecule has 0 saturated heterocycles. The smallest absolute Gasteiger partial charge is 0.270 e. The number of aryl methyl sites for hydroxylation is 3. The normalized spacial score (nSPS) is 14.3. The highest BCUT2D eigenvalue weighted by molar-refractivity contribution is 5.86. The highest BCUT2D eigenvalue weighted by Crippen LogP contribution is 2.38. The number of H-pyrrole nitrogens is 1. The Bertz CT molecular complexity index is 2010. The molecule has 0 bridgehead atoms. The molecule has 2 fully saturated rings. The summed E-state index contributed by atoms with van der Waals surface area (Å²) in [5.74, 6) is 0. The average Bonchev–Trinajstić information content (AvgIpc) is 3.92. The molecule has 0 aliphatic heterocycles. The number of nitrogens with one attached hydrogen (secondary N) is 1. The summed E-state index contributed by atoms with van der Waals surface area (Å²) in [4.78, 5) is 20.4. The van der Waals surface area contributed by atoms with E-state index in [9.17, 15) is 20.2 Å². The summed E-state index contributed by atoms with van der Waals surface area (Å²) < 4.78 is 4.14. The first kappa shape index (κ1) is 27.8. The number of nitrogens with two attached hydrogens (primary N) is 1. The number of non-ortho nitro benzene ring substituents is 2. The van der Waals surface area contributed by atoms with Gasteiger partial charge in [0.05, 0.1) is 49.9 Å². The van der Waals surface area contributed by atoms with Crippen LogP contribution in [0.5, 0.6) is 0 Å². The van der Waals surface area contributed by atoms with Crippen LogP contribution in [0.1, 0.15) is 54.8 Å². The van der Waals surface area contributed by atoms with Crippen LogP contribution in [0.25, 0.3) is 32.7 Å². The van der Waals surface area contributed by atoms with Crippen LogP contribution in [0.2, 0.25) is 0 Å². The van der Waals surface area contributed by atoms with E-state index in [-0.39, 0.29) is 16.3 Å². The van der Waals surface area contributed by atoms with E-state index in [4.69, 9.17) is 5.73 Å². The van der Waals surface area contributed by atoms with Gasteiger partial charge < -0.3 is 5.73 Å². The SMILES string of the molecule is Cc1[nH]nc2ccc([N+](=O)[O-])cc12.Cc1nn(C2CC2)c2ccc(N)cc12.Cc1nn(C2CC2)c2ccc([N+](=O)[O-])cc12. The van der Waals surface area contributed by atoms with Crippen molar-refractivity contribution >= 4 is 49.8 Å². The van der Waals surface area contributed by atoms with Gasteiger partial charge in [-0.25, -0.2) is 0 Å². The fourth-order valence-corrected chi connectivity index (χ4v) is 5.14. The van der Waals surface area contributed by atoms with E-state index in [1.165, 1.54) is 35.9 Å². The largest absolute Gasteiger partial charge is 0.399 e. The van der Waals surface area contributed by atoms with Gasteiger partial charge in [0, 0.05) is 51.8 Å². The first-order chi connectivity index (χ1) is 20.6. The summed E-state index contributed by atoms with van der Waals surface area (Å²) in [6.45, 7) is 5.77. The Balaban J connectivity index is 0.000000116. The lowest BCUT2D eigenvalue weighted by atomic mass is 10.2. The average molecular weight is 582 g/mol. The number of hydrogen-bond acceptors (Lipinski definition) is 8. The molecule has 3 aromatic carbocycles. The van der Waals surface area contributed by atoms with Gasteiger partial charge in [-0.1, -0.05) is 0 Å². The van der Waals surface area contributed by atoms with Crippen molar-refractivity contribution in [1.82, 2.24) is 29.8 Å². The number of aromatic amines is 1. The lowest BCUT2D eigenvalue weighted by Gasteiger charge is -1.99. The molecular formula is C30H31N9O4. The third-order valence-corrected chi connectivity index (χ3v) is 7.72. The summed E-state index contributed by atoms with van der Waals surface area (Å²) in [5.41, 5.74) is 12.6. The molecule has 220 valence electrons. The molecule has 3 aromatic heterocycles. The fraction of sp³-hybridized carbons (Fsp3) is 0.300. The number of fused-ring (bicyclic) bond motifs is 3. The molecule has 0 spiro atoms. The zero-order chi connectivity index (χ0) is 30.4. The molecular weight excluding hydrogens is 550 g/mol. The van der Waals surface area contributed by atoms with Crippen molar-refractivity contribution in [2.24, 2.45) is 0 Å². The lowest BCUT2D eigenvalue weighted by molar-refractivity contribution is -0.384. The van der Waals surface area contributed by atoms with Crippen molar-refractivity contribution < 1.29 is 9.85 Å². The van der Waals surface area contributed by atoms with E-state index >= 15 is 0 Å². The highest BCUT2D eigenvalue weighted by Gasteiger charge is 2.27. The maximum atomic E-state index is 10.7. The van der Waals surface area contributed by atoms with Crippen LogP contribution in [0.15, 0.2) is 54.6 Å². The van der Waals surface area contributed by atoms with Crippen LogP contribution in [-0.2, 0) is 0 Å². The van der Waals surface area contributed by atoms with Gasteiger partial charge in [0.15, 0.2) is 0 Å². The van der Waals surface area contributed by atoms with Crippen molar-refractivity contribution in [1.29, 1.82) is 0 Å². The molecule has 3 heterocycles. The number of nitro benzene ring substituents is 2. The number of nitrogens with zero attached hydrogens (tertiary/aromatic N) is 7. The number of benzene rings is 3. The molecule has 2 aliphatic carbocycles. The van der Waals surface area contributed by atoms with E-state index in [1.54, 1.807) is 24.3 Å². The Morgan fingerprint density at radius 1 is 0.744 bits per heavy atom. The number of nitrogen functional groups attached to an aromatic ring is 1. The van der Waals surface area contributed by atoms with Gasteiger partial charge in [0.25, 0.3) is 11.4 Å². The molecule has 8 rings (SSSR count). The Labute approximate surface area is 245 Å². The van der Waals surface area contributed by atoms with Crippen LogP contribution in [0.3, 0.4) is 0 Å². The van der Waals surface area contributed by atoms with Crippen molar-refractivity contribution in [2.75, 3.05) is 5.73 Å². The van der Waals surface area contributed by atoms with Gasteiger partial charge in [-0.15, -0.1) is 0 Å². The zero-order valence-corrected chi connectivity index (χ0v) is 24.0. The van der Waals surface area contributed by atoms with Crippen LogP contribution >= 0.6 is 0 Å². The first-order valence-corrected chi connectivity index (χ1v) is 14.1. The molecule has 2 aliphatic rings. The molecule has 0 atom stereocenters. The minimum Gasteiger partial charge on any atom is -0.399 e. The van der Waals surface area contributed by atoms with Gasteiger partial charge in [0.2, 0.25) is 0 Å². The van der Waals surface area contributed by atoms with Crippen molar-refractivity contribution in [3.05, 3.63) is 91.9 Å². The summed E-state index contributed by atoms with van der Waals surface area (Å²) in [6.07, 6.45) is 4.85. The third kappa shape index (κ3) is 5.61. The zero-order valence-electron chi connectivity index (χ0n) is 24.0. The van der Waals surface area contributed by atoms with Crippen LogP contribution < -0.4 is 5.73 Å².